The zero-order chi connectivity index (χ0) is 18.0. The number of aryl methyl sites for hydroxylation is 1. The van der Waals surface area contributed by atoms with E-state index in [1.807, 2.05) is 11.5 Å². The molecule has 3 nitrogen and oxygen atoms in total. The van der Waals surface area contributed by atoms with Crippen molar-refractivity contribution in [1.29, 1.82) is 0 Å². The van der Waals surface area contributed by atoms with Gasteiger partial charge in [0.1, 0.15) is 18.2 Å². The average molecular weight is 341 g/mol. The Morgan fingerprint density at radius 1 is 1.00 bits per heavy atom. The van der Waals surface area contributed by atoms with Crippen molar-refractivity contribution in [3.63, 3.8) is 0 Å². The zero-order valence-corrected chi connectivity index (χ0v) is 13.9. The van der Waals surface area contributed by atoms with E-state index >= 15 is 0 Å². The molecule has 0 aliphatic rings. The number of hydrogen-bond donors (Lipinski definition) is 0. The molecule has 25 heavy (non-hydrogen) atoms. The van der Waals surface area contributed by atoms with Crippen molar-refractivity contribution in [3.8, 4) is 5.69 Å². The van der Waals surface area contributed by atoms with Crippen molar-refractivity contribution in [2.24, 2.45) is 0 Å². The van der Waals surface area contributed by atoms with E-state index in [-0.39, 0.29) is 18.2 Å². The molecule has 1 aromatic heterocycles. The van der Waals surface area contributed by atoms with E-state index in [9.17, 15) is 13.6 Å². The second-order valence-electron chi connectivity index (χ2n) is 5.80. The smallest absolute Gasteiger partial charge is 0.340 e. The first-order valence-electron chi connectivity index (χ1n) is 7.82. The maximum absolute atomic E-state index is 13.2. The Balaban J connectivity index is 1.82. The molecule has 128 valence electrons. The highest BCUT2D eigenvalue weighted by Gasteiger charge is 2.18. The minimum Gasteiger partial charge on any atom is -0.457 e. The molecule has 2 aromatic carbocycles. The van der Waals surface area contributed by atoms with Gasteiger partial charge in [0.05, 0.1) is 5.56 Å². The number of ether oxygens (including phenoxy) is 1. The number of rotatable bonds is 4. The summed E-state index contributed by atoms with van der Waals surface area (Å²) >= 11 is 0. The van der Waals surface area contributed by atoms with Gasteiger partial charge in [0.15, 0.2) is 0 Å². The summed E-state index contributed by atoms with van der Waals surface area (Å²) in [4.78, 5) is 12.4. The molecule has 0 bridgehead atoms. The summed E-state index contributed by atoms with van der Waals surface area (Å²) in [5.74, 6) is -1.17. The Kier molecular flexibility index (Phi) is 4.65. The Morgan fingerprint density at radius 3 is 2.40 bits per heavy atom. The van der Waals surface area contributed by atoms with E-state index in [0.717, 1.165) is 11.4 Å². The average Bonchev–Trinajstić information content (AvgIpc) is 2.88. The van der Waals surface area contributed by atoms with Crippen LogP contribution in [0.2, 0.25) is 0 Å². The summed E-state index contributed by atoms with van der Waals surface area (Å²) in [5.41, 5.74) is 3.31. The highest BCUT2D eigenvalue weighted by Crippen LogP contribution is 2.22. The number of benzene rings is 2. The van der Waals surface area contributed by atoms with E-state index in [1.165, 1.54) is 24.3 Å². The fraction of sp³-hybridized carbons (Fsp3) is 0.150. The third-order valence-corrected chi connectivity index (χ3v) is 3.99. The van der Waals surface area contributed by atoms with Gasteiger partial charge >= 0.3 is 5.97 Å². The first-order valence-corrected chi connectivity index (χ1v) is 7.82. The standard InChI is InChI=1S/C20H17F2NO2/c1-13-10-19(14(2)23(13)18-8-6-16(21)7-9-18)20(24)25-12-15-4-3-5-17(22)11-15/h3-11H,12H2,1-2H3. The fourth-order valence-corrected chi connectivity index (χ4v) is 2.81. The largest absolute Gasteiger partial charge is 0.457 e. The van der Waals surface area contributed by atoms with Crippen molar-refractivity contribution in [2.45, 2.75) is 20.5 Å². The number of nitrogens with zero attached hydrogens (tertiary/aromatic N) is 1. The predicted molar refractivity (Wildman–Crippen MR) is 90.7 cm³/mol. The van der Waals surface area contributed by atoms with Crippen LogP contribution in [-0.4, -0.2) is 10.5 Å². The van der Waals surface area contributed by atoms with E-state index in [4.69, 9.17) is 4.74 Å². The summed E-state index contributed by atoms with van der Waals surface area (Å²) in [6.45, 7) is 3.66. The van der Waals surface area contributed by atoms with Gasteiger partial charge in [-0.2, -0.15) is 0 Å². The number of hydrogen-bond acceptors (Lipinski definition) is 2. The maximum Gasteiger partial charge on any atom is 0.340 e. The van der Waals surface area contributed by atoms with Crippen LogP contribution >= 0.6 is 0 Å². The van der Waals surface area contributed by atoms with Gasteiger partial charge in [-0.15, -0.1) is 0 Å². The fourth-order valence-electron chi connectivity index (χ4n) is 2.81. The van der Waals surface area contributed by atoms with Gasteiger partial charge in [0, 0.05) is 17.1 Å². The minimum atomic E-state index is -0.481. The lowest BCUT2D eigenvalue weighted by Gasteiger charge is -2.10. The molecule has 0 spiro atoms. The molecule has 3 rings (SSSR count). The molecule has 0 N–H and O–H groups in total. The topological polar surface area (TPSA) is 31.2 Å². The van der Waals surface area contributed by atoms with E-state index in [2.05, 4.69) is 0 Å². The van der Waals surface area contributed by atoms with Gasteiger partial charge in [0.25, 0.3) is 0 Å². The van der Waals surface area contributed by atoms with Crippen molar-refractivity contribution in [1.82, 2.24) is 4.57 Å². The van der Waals surface area contributed by atoms with E-state index < -0.39 is 5.97 Å². The number of esters is 1. The zero-order valence-electron chi connectivity index (χ0n) is 13.9. The Morgan fingerprint density at radius 2 is 1.72 bits per heavy atom. The summed E-state index contributed by atoms with van der Waals surface area (Å²) < 4.78 is 33.5. The predicted octanol–water partition coefficient (Wildman–Crippen LogP) is 4.73. The van der Waals surface area contributed by atoms with E-state index in [1.54, 1.807) is 37.3 Å². The molecule has 0 aliphatic carbocycles. The molecule has 0 radical (unpaired) electrons. The molecule has 0 saturated carbocycles. The molecular weight excluding hydrogens is 324 g/mol. The van der Waals surface area contributed by atoms with Crippen LogP contribution in [0, 0.1) is 25.5 Å². The van der Waals surface area contributed by atoms with Crippen LogP contribution in [0.3, 0.4) is 0 Å². The van der Waals surface area contributed by atoms with Crippen LogP contribution in [0.4, 0.5) is 8.78 Å². The minimum absolute atomic E-state index is 0.00317. The van der Waals surface area contributed by atoms with Gasteiger partial charge in [-0.1, -0.05) is 12.1 Å². The van der Waals surface area contributed by atoms with Crippen LogP contribution in [0.5, 0.6) is 0 Å². The van der Waals surface area contributed by atoms with Crippen molar-refractivity contribution in [3.05, 3.63) is 88.7 Å². The van der Waals surface area contributed by atoms with E-state index in [0.29, 0.717) is 16.8 Å². The Hall–Kier alpha value is -2.95. The lowest BCUT2D eigenvalue weighted by atomic mass is 10.2. The second-order valence-corrected chi connectivity index (χ2v) is 5.80. The maximum atomic E-state index is 13.2. The summed E-state index contributed by atoms with van der Waals surface area (Å²) in [5, 5.41) is 0. The number of aromatic nitrogens is 1. The van der Waals surface area contributed by atoms with Gasteiger partial charge < -0.3 is 9.30 Å². The molecule has 0 saturated heterocycles. The molecule has 3 aromatic rings. The van der Waals surface area contributed by atoms with Crippen LogP contribution in [0.15, 0.2) is 54.6 Å². The number of halogens is 2. The molecule has 1 heterocycles. The van der Waals surface area contributed by atoms with Gasteiger partial charge in [-0.05, 0) is 61.9 Å². The molecule has 0 fully saturated rings. The third kappa shape index (κ3) is 3.60. The number of carbonyl (C=O) groups excluding carboxylic acids is 1. The summed E-state index contributed by atoms with van der Waals surface area (Å²) in [7, 11) is 0. The highest BCUT2D eigenvalue weighted by molar-refractivity contribution is 5.91. The molecule has 0 unspecified atom stereocenters. The molecule has 0 atom stereocenters. The van der Waals surface area contributed by atoms with Crippen LogP contribution in [0.25, 0.3) is 5.69 Å². The lowest BCUT2D eigenvalue weighted by molar-refractivity contribution is 0.0471. The molecule has 5 heteroatoms. The normalized spacial score (nSPS) is 10.7. The van der Waals surface area contributed by atoms with Crippen LogP contribution in [0.1, 0.15) is 27.3 Å². The second kappa shape index (κ2) is 6.89. The molecular formula is C20H17F2NO2. The van der Waals surface area contributed by atoms with Crippen molar-refractivity contribution in [2.75, 3.05) is 0 Å². The summed E-state index contributed by atoms with van der Waals surface area (Å²) in [6.07, 6.45) is 0. The van der Waals surface area contributed by atoms with Crippen molar-refractivity contribution < 1.29 is 18.3 Å². The van der Waals surface area contributed by atoms with Crippen LogP contribution < -0.4 is 0 Å². The quantitative estimate of drug-likeness (QED) is 0.643. The number of carbonyl (C=O) groups is 1. The van der Waals surface area contributed by atoms with Crippen LogP contribution in [-0.2, 0) is 11.3 Å². The monoisotopic (exact) mass is 341 g/mol. The first-order chi connectivity index (χ1) is 12.0. The Labute approximate surface area is 144 Å². The SMILES string of the molecule is Cc1cc(C(=O)OCc2cccc(F)c2)c(C)n1-c1ccc(F)cc1. The molecule has 0 amide bonds. The van der Waals surface area contributed by atoms with Gasteiger partial charge in [0.2, 0.25) is 0 Å². The summed E-state index contributed by atoms with van der Waals surface area (Å²) in [6, 6.07) is 13.7. The molecule has 0 aliphatic heterocycles. The lowest BCUT2D eigenvalue weighted by Crippen LogP contribution is -2.07. The highest BCUT2D eigenvalue weighted by atomic mass is 19.1. The third-order valence-electron chi connectivity index (χ3n) is 3.99. The van der Waals surface area contributed by atoms with Gasteiger partial charge in [-0.25, -0.2) is 13.6 Å². The van der Waals surface area contributed by atoms with Gasteiger partial charge in [-0.3, -0.25) is 0 Å². The Bertz CT molecular complexity index is 914. The van der Waals surface area contributed by atoms with Crippen molar-refractivity contribution >= 4 is 5.97 Å². The first kappa shape index (κ1) is 16.9.